The first-order valence-corrected chi connectivity index (χ1v) is 5.15. The molecule has 4 heteroatoms. The summed E-state index contributed by atoms with van der Waals surface area (Å²) in [5.41, 5.74) is 5.45. The molecule has 82 valence electrons. The summed E-state index contributed by atoms with van der Waals surface area (Å²) in [6.45, 7) is 5.63. The Kier molecular flexibility index (Phi) is 4.09. The lowest BCUT2D eigenvalue weighted by atomic mass is 10.1. The van der Waals surface area contributed by atoms with Gasteiger partial charge in [-0.1, -0.05) is 13.0 Å². The van der Waals surface area contributed by atoms with Crippen molar-refractivity contribution in [2.75, 3.05) is 18.0 Å². The van der Waals surface area contributed by atoms with Crippen LogP contribution in [0.2, 0.25) is 0 Å². The average Bonchev–Trinajstić information content (AvgIpc) is 2.26. The lowest BCUT2D eigenvalue weighted by Gasteiger charge is -2.24. The number of hydrogen-bond acceptors (Lipinski definition) is 3. The van der Waals surface area contributed by atoms with Crippen LogP contribution < -0.4 is 10.6 Å². The Morgan fingerprint density at radius 2 is 2.33 bits per heavy atom. The van der Waals surface area contributed by atoms with Gasteiger partial charge in [0.1, 0.15) is 5.82 Å². The predicted octanol–water partition coefficient (Wildman–Crippen LogP) is 1.48. The van der Waals surface area contributed by atoms with Gasteiger partial charge in [-0.2, -0.15) is 0 Å². The largest absolute Gasteiger partial charge is 0.387 e. The molecule has 0 fully saturated rings. The van der Waals surface area contributed by atoms with E-state index in [4.69, 9.17) is 11.1 Å². The SMILES string of the molecule is CCN(CC(C)C(=N)N)c1ccccn1. The second-order valence-corrected chi connectivity index (χ2v) is 3.58. The first-order chi connectivity index (χ1) is 7.15. The first kappa shape index (κ1) is 11.5. The van der Waals surface area contributed by atoms with E-state index in [1.807, 2.05) is 25.1 Å². The zero-order valence-electron chi connectivity index (χ0n) is 9.27. The van der Waals surface area contributed by atoms with Gasteiger partial charge in [0.25, 0.3) is 0 Å². The molecule has 3 N–H and O–H groups in total. The highest BCUT2D eigenvalue weighted by Crippen LogP contribution is 2.11. The summed E-state index contributed by atoms with van der Waals surface area (Å²) in [4.78, 5) is 6.39. The topological polar surface area (TPSA) is 66.0 Å². The molecule has 0 aromatic carbocycles. The van der Waals surface area contributed by atoms with Gasteiger partial charge in [0, 0.05) is 25.2 Å². The van der Waals surface area contributed by atoms with E-state index < -0.39 is 0 Å². The van der Waals surface area contributed by atoms with E-state index in [0.717, 1.165) is 18.9 Å². The Labute approximate surface area is 90.6 Å². The van der Waals surface area contributed by atoms with Gasteiger partial charge in [-0.15, -0.1) is 0 Å². The van der Waals surface area contributed by atoms with Crippen molar-refractivity contribution in [3.05, 3.63) is 24.4 Å². The fourth-order valence-corrected chi connectivity index (χ4v) is 1.35. The summed E-state index contributed by atoms with van der Waals surface area (Å²) in [5.74, 6) is 1.23. The summed E-state index contributed by atoms with van der Waals surface area (Å²) in [7, 11) is 0. The van der Waals surface area contributed by atoms with Crippen LogP contribution >= 0.6 is 0 Å². The van der Waals surface area contributed by atoms with Crippen LogP contribution in [0.25, 0.3) is 0 Å². The number of pyridine rings is 1. The minimum atomic E-state index is 0.0620. The van der Waals surface area contributed by atoms with Crippen LogP contribution in [0.15, 0.2) is 24.4 Å². The fraction of sp³-hybridized carbons (Fsp3) is 0.455. The third kappa shape index (κ3) is 3.23. The molecule has 0 radical (unpaired) electrons. The first-order valence-electron chi connectivity index (χ1n) is 5.15. The maximum Gasteiger partial charge on any atom is 0.128 e. The van der Waals surface area contributed by atoms with Crippen molar-refractivity contribution in [2.24, 2.45) is 11.7 Å². The quantitative estimate of drug-likeness (QED) is 0.566. The molecule has 0 saturated heterocycles. The van der Waals surface area contributed by atoms with E-state index in [2.05, 4.69) is 16.8 Å². The number of nitrogens with two attached hydrogens (primary N) is 1. The van der Waals surface area contributed by atoms with Gasteiger partial charge in [0.2, 0.25) is 0 Å². The summed E-state index contributed by atoms with van der Waals surface area (Å²) in [5, 5.41) is 7.36. The van der Waals surface area contributed by atoms with Crippen LogP contribution in [-0.4, -0.2) is 23.9 Å². The number of amidine groups is 1. The molecule has 0 aliphatic rings. The number of nitrogens with one attached hydrogen (secondary N) is 1. The Hall–Kier alpha value is -1.58. The molecule has 0 spiro atoms. The number of nitrogens with zero attached hydrogens (tertiary/aromatic N) is 2. The van der Waals surface area contributed by atoms with Crippen molar-refractivity contribution in [3.63, 3.8) is 0 Å². The molecule has 1 heterocycles. The average molecular weight is 206 g/mol. The van der Waals surface area contributed by atoms with E-state index >= 15 is 0 Å². The number of aromatic nitrogens is 1. The maximum atomic E-state index is 7.36. The van der Waals surface area contributed by atoms with Crippen molar-refractivity contribution in [3.8, 4) is 0 Å². The Morgan fingerprint density at radius 3 is 2.80 bits per heavy atom. The van der Waals surface area contributed by atoms with Gasteiger partial charge in [-0.3, -0.25) is 5.41 Å². The highest BCUT2D eigenvalue weighted by atomic mass is 15.2. The summed E-state index contributed by atoms with van der Waals surface area (Å²) in [6.07, 6.45) is 1.77. The minimum absolute atomic E-state index is 0.0620. The van der Waals surface area contributed by atoms with Crippen LogP contribution in [0, 0.1) is 11.3 Å². The monoisotopic (exact) mass is 206 g/mol. The Balaban J connectivity index is 2.69. The van der Waals surface area contributed by atoms with Crippen LogP contribution in [0.5, 0.6) is 0 Å². The molecule has 0 aliphatic carbocycles. The Morgan fingerprint density at radius 1 is 1.60 bits per heavy atom. The van der Waals surface area contributed by atoms with Gasteiger partial charge in [0.05, 0.1) is 5.84 Å². The molecule has 1 aromatic rings. The third-order valence-electron chi connectivity index (χ3n) is 2.38. The molecule has 1 aromatic heterocycles. The van der Waals surface area contributed by atoms with E-state index in [0.29, 0.717) is 0 Å². The fourth-order valence-electron chi connectivity index (χ4n) is 1.35. The van der Waals surface area contributed by atoms with Crippen LogP contribution in [0.3, 0.4) is 0 Å². The van der Waals surface area contributed by atoms with Gasteiger partial charge in [-0.25, -0.2) is 4.98 Å². The molecular formula is C11H18N4. The van der Waals surface area contributed by atoms with Crippen LogP contribution in [-0.2, 0) is 0 Å². The van der Waals surface area contributed by atoms with Gasteiger partial charge < -0.3 is 10.6 Å². The van der Waals surface area contributed by atoms with Gasteiger partial charge in [-0.05, 0) is 19.1 Å². The molecule has 1 rings (SSSR count). The van der Waals surface area contributed by atoms with Crippen molar-refractivity contribution >= 4 is 11.7 Å². The maximum absolute atomic E-state index is 7.36. The highest BCUT2D eigenvalue weighted by Gasteiger charge is 2.11. The summed E-state index contributed by atoms with van der Waals surface area (Å²) < 4.78 is 0. The van der Waals surface area contributed by atoms with Crippen LogP contribution in [0.1, 0.15) is 13.8 Å². The smallest absolute Gasteiger partial charge is 0.128 e. The number of rotatable bonds is 5. The van der Waals surface area contributed by atoms with E-state index in [-0.39, 0.29) is 11.8 Å². The highest BCUT2D eigenvalue weighted by molar-refractivity contribution is 5.79. The van der Waals surface area contributed by atoms with E-state index in [1.54, 1.807) is 6.20 Å². The second-order valence-electron chi connectivity index (χ2n) is 3.58. The molecule has 1 unspecified atom stereocenters. The number of anilines is 1. The van der Waals surface area contributed by atoms with Crippen LogP contribution in [0.4, 0.5) is 5.82 Å². The number of hydrogen-bond donors (Lipinski definition) is 2. The normalized spacial score (nSPS) is 12.1. The van der Waals surface area contributed by atoms with Gasteiger partial charge >= 0.3 is 0 Å². The van der Waals surface area contributed by atoms with Gasteiger partial charge in [0.15, 0.2) is 0 Å². The predicted molar refractivity (Wildman–Crippen MR) is 63.2 cm³/mol. The molecule has 4 nitrogen and oxygen atoms in total. The standard InChI is InChI=1S/C11H18N4/c1-3-15(8-9(2)11(12)13)10-6-4-5-7-14-10/h4-7,9H,3,8H2,1-2H3,(H3,12,13). The molecule has 0 aliphatic heterocycles. The summed E-state index contributed by atoms with van der Waals surface area (Å²) in [6, 6.07) is 5.82. The zero-order valence-corrected chi connectivity index (χ0v) is 9.27. The summed E-state index contributed by atoms with van der Waals surface area (Å²) >= 11 is 0. The van der Waals surface area contributed by atoms with E-state index in [9.17, 15) is 0 Å². The molecule has 1 atom stereocenters. The lowest BCUT2D eigenvalue weighted by Crippen LogP contribution is -2.34. The molecule has 0 saturated carbocycles. The van der Waals surface area contributed by atoms with Crippen molar-refractivity contribution in [1.82, 2.24) is 4.98 Å². The molecular weight excluding hydrogens is 188 g/mol. The van der Waals surface area contributed by atoms with Crippen molar-refractivity contribution in [1.29, 1.82) is 5.41 Å². The molecule has 15 heavy (non-hydrogen) atoms. The van der Waals surface area contributed by atoms with Crippen molar-refractivity contribution in [2.45, 2.75) is 13.8 Å². The minimum Gasteiger partial charge on any atom is -0.387 e. The van der Waals surface area contributed by atoms with E-state index in [1.165, 1.54) is 0 Å². The Bertz CT molecular complexity index is 310. The van der Waals surface area contributed by atoms with Crippen molar-refractivity contribution < 1.29 is 0 Å². The third-order valence-corrected chi connectivity index (χ3v) is 2.38. The molecule has 0 amide bonds. The lowest BCUT2D eigenvalue weighted by molar-refractivity contribution is 0.690. The molecule has 0 bridgehead atoms. The second kappa shape index (κ2) is 5.34. The zero-order chi connectivity index (χ0) is 11.3.